The van der Waals surface area contributed by atoms with E-state index < -0.39 is 17.7 Å². The second kappa shape index (κ2) is 9.03. The number of rotatable bonds is 9. The molecule has 0 radical (unpaired) electrons. The molecule has 0 aromatic heterocycles. The van der Waals surface area contributed by atoms with Crippen molar-refractivity contribution in [3.05, 3.63) is 35.4 Å². The molecule has 1 aromatic carbocycles. The third kappa shape index (κ3) is 5.68. The highest BCUT2D eigenvalue weighted by Gasteiger charge is 2.15. The molecular weight excluding hydrogens is 244 g/mol. The van der Waals surface area contributed by atoms with E-state index in [4.69, 9.17) is 5.73 Å². The van der Waals surface area contributed by atoms with Crippen LogP contribution in [0.1, 0.15) is 69.9 Å². The lowest BCUT2D eigenvalue weighted by Crippen LogP contribution is -2.14. The van der Waals surface area contributed by atoms with Crippen LogP contribution in [0.3, 0.4) is 0 Å². The van der Waals surface area contributed by atoms with Gasteiger partial charge in [-0.3, -0.25) is 0 Å². The summed E-state index contributed by atoms with van der Waals surface area (Å²) in [4.78, 5) is 0. The van der Waals surface area contributed by atoms with E-state index in [-0.39, 0.29) is 5.56 Å². The first-order valence-electron chi connectivity index (χ1n) is 7.36. The Morgan fingerprint density at radius 3 is 2.05 bits per heavy atom. The summed E-state index contributed by atoms with van der Waals surface area (Å²) in [6, 6.07) is 3.37. The van der Waals surface area contributed by atoms with Gasteiger partial charge in [0.2, 0.25) is 0 Å². The molecule has 1 nitrogen and oxygen atoms in total. The van der Waals surface area contributed by atoms with Gasteiger partial charge in [0.15, 0.2) is 0 Å². The van der Waals surface area contributed by atoms with Crippen LogP contribution in [0.25, 0.3) is 0 Å². The summed E-state index contributed by atoms with van der Waals surface area (Å²) < 4.78 is 27.0. The number of unbranched alkanes of at least 4 members (excludes halogenated alkanes) is 6. The maximum atomic E-state index is 13.5. The van der Waals surface area contributed by atoms with Gasteiger partial charge in [0.1, 0.15) is 11.6 Å². The van der Waals surface area contributed by atoms with Crippen LogP contribution in [0.15, 0.2) is 18.2 Å². The van der Waals surface area contributed by atoms with Crippen molar-refractivity contribution in [1.29, 1.82) is 0 Å². The number of hydrogen-bond acceptors (Lipinski definition) is 1. The maximum absolute atomic E-state index is 13.5. The molecule has 0 heterocycles. The molecule has 2 N–H and O–H groups in total. The molecule has 108 valence electrons. The Bertz CT molecular complexity index is 346. The molecule has 0 amide bonds. The van der Waals surface area contributed by atoms with E-state index in [2.05, 4.69) is 6.92 Å². The van der Waals surface area contributed by atoms with Crippen molar-refractivity contribution in [2.45, 2.75) is 64.3 Å². The van der Waals surface area contributed by atoms with E-state index in [1.54, 1.807) is 0 Å². The first-order chi connectivity index (χ1) is 9.16. The molecule has 0 aliphatic carbocycles. The fourth-order valence-corrected chi connectivity index (χ4v) is 2.33. The summed E-state index contributed by atoms with van der Waals surface area (Å²) in [5.41, 5.74) is 5.91. The lowest BCUT2D eigenvalue weighted by Gasteiger charge is -2.13. The molecule has 1 atom stereocenters. The van der Waals surface area contributed by atoms with Gasteiger partial charge in [-0.1, -0.05) is 57.9 Å². The van der Waals surface area contributed by atoms with Gasteiger partial charge in [0.25, 0.3) is 0 Å². The van der Waals surface area contributed by atoms with Gasteiger partial charge in [0.05, 0.1) is 0 Å². The van der Waals surface area contributed by atoms with Gasteiger partial charge < -0.3 is 5.73 Å². The average Bonchev–Trinajstić information content (AvgIpc) is 2.37. The van der Waals surface area contributed by atoms with E-state index in [9.17, 15) is 8.78 Å². The molecule has 1 rings (SSSR count). The van der Waals surface area contributed by atoms with E-state index in [1.807, 2.05) is 0 Å². The van der Waals surface area contributed by atoms with Crippen molar-refractivity contribution < 1.29 is 8.78 Å². The van der Waals surface area contributed by atoms with Crippen LogP contribution in [-0.4, -0.2) is 0 Å². The molecule has 0 fully saturated rings. The predicted octanol–water partition coefficient (Wildman–Crippen LogP) is 5.11. The van der Waals surface area contributed by atoms with Gasteiger partial charge in [-0.25, -0.2) is 8.78 Å². The van der Waals surface area contributed by atoms with Crippen LogP contribution < -0.4 is 5.73 Å². The summed E-state index contributed by atoms with van der Waals surface area (Å²) in [6.07, 6.45) is 8.92. The molecule has 0 bridgehead atoms. The molecule has 0 spiro atoms. The van der Waals surface area contributed by atoms with Gasteiger partial charge in [-0.05, 0) is 18.6 Å². The smallest absolute Gasteiger partial charge is 0.130 e. The molecule has 0 saturated heterocycles. The number of nitrogens with two attached hydrogens (primary N) is 1. The molecule has 1 unspecified atom stereocenters. The first-order valence-corrected chi connectivity index (χ1v) is 7.36. The van der Waals surface area contributed by atoms with E-state index in [0.29, 0.717) is 6.42 Å². The lowest BCUT2D eigenvalue weighted by molar-refractivity contribution is 0.490. The Balaban J connectivity index is 2.26. The molecule has 0 aliphatic heterocycles. The highest BCUT2D eigenvalue weighted by molar-refractivity contribution is 5.22. The third-order valence-corrected chi connectivity index (χ3v) is 3.49. The number of halogens is 2. The Labute approximate surface area is 115 Å². The minimum atomic E-state index is -0.532. The summed E-state index contributed by atoms with van der Waals surface area (Å²) >= 11 is 0. The molecule has 0 saturated carbocycles. The van der Waals surface area contributed by atoms with E-state index in [0.717, 1.165) is 12.8 Å². The second-order valence-corrected chi connectivity index (χ2v) is 5.15. The topological polar surface area (TPSA) is 26.0 Å². The minimum absolute atomic E-state index is 0.0356. The van der Waals surface area contributed by atoms with Crippen molar-refractivity contribution >= 4 is 0 Å². The Kier molecular flexibility index (Phi) is 7.65. The normalized spacial score (nSPS) is 12.6. The predicted molar refractivity (Wildman–Crippen MR) is 75.9 cm³/mol. The van der Waals surface area contributed by atoms with Gasteiger partial charge in [0, 0.05) is 11.6 Å². The van der Waals surface area contributed by atoms with Gasteiger partial charge >= 0.3 is 0 Å². The van der Waals surface area contributed by atoms with E-state index in [1.165, 1.54) is 50.3 Å². The van der Waals surface area contributed by atoms with Crippen LogP contribution in [0, 0.1) is 11.6 Å². The second-order valence-electron chi connectivity index (χ2n) is 5.15. The minimum Gasteiger partial charge on any atom is -0.324 e. The van der Waals surface area contributed by atoms with Crippen molar-refractivity contribution in [2.24, 2.45) is 5.73 Å². The molecule has 19 heavy (non-hydrogen) atoms. The van der Waals surface area contributed by atoms with Crippen molar-refractivity contribution in [2.75, 3.05) is 0 Å². The highest BCUT2D eigenvalue weighted by atomic mass is 19.1. The number of benzene rings is 1. The van der Waals surface area contributed by atoms with Crippen LogP contribution in [0.2, 0.25) is 0 Å². The molecule has 0 aliphatic rings. The van der Waals surface area contributed by atoms with Gasteiger partial charge in [-0.15, -0.1) is 0 Å². The zero-order valence-corrected chi connectivity index (χ0v) is 11.8. The molecule has 1 aromatic rings. The Hall–Kier alpha value is -0.960. The fraction of sp³-hybridized carbons (Fsp3) is 0.625. The summed E-state index contributed by atoms with van der Waals surface area (Å²) in [6.45, 7) is 2.20. The summed E-state index contributed by atoms with van der Waals surface area (Å²) in [7, 11) is 0. The molecular formula is C16H25F2N. The highest BCUT2D eigenvalue weighted by Crippen LogP contribution is 2.23. The van der Waals surface area contributed by atoms with Crippen LogP contribution in [0.5, 0.6) is 0 Å². The van der Waals surface area contributed by atoms with Crippen LogP contribution >= 0.6 is 0 Å². The monoisotopic (exact) mass is 269 g/mol. The third-order valence-electron chi connectivity index (χ3n) is 3.49. The van der Waals surface area contributed by atoms with Crippen LogP contribution in [-0.2, 0) is 0 Å². The Morgan fingerprint density at radius 1 is 0.947 bits per heavy atom. The lowest BCUT2D eigenvalue weighted by atomic mass is 9.99. The zero-order valence-electron chi connectivity index (χ0n) is 11.8. The van der Waals surface area contributed by atoms with Crippen molar-refractivity contribution in [3.63, 3.8) is 0 Å². The SMILES string of the molecule is CCCCCCCCCC(N)c1c(F)cccc1F. The Morgan fingerprint density at radius 2 is 1.47 bits per heavy atom. The number of hydrogen-bond donors (Lipinski definition) is 1. The average molecular weight is 269 g/mol. The zero-order chi connectivity index (χ0) is 14.1. The standard InChI is InChI=1S/C16H25F2N/c1-2-3-4-5-6-7-8-12-15(19)16-13(17)10-9-11-14(16)18/h9-11,15H,2-8,12,19H2,1H3. The van der Waals surface area contributed by atoms with E-state index >= 15 is 0 Å². The van der Waals surface area contributed by atoms with Crippen LogP contribution in [0.4, 0.5) is 8.78 Å². The maximum Gasteiger partial charge on any atom is 0.130 e. The van der Waals surface area contributed by atoms with Crippen molar-refractivity contribution in [3.8, 4) is 0 Å². The van der Waals surface area contributed by atoms with Gasteiger partial charge in [-0.2, -0.15) is 0 Å². The first kappa shape index (κ1) is 16.1. The quantitative estimate of drug-likeness (QED) is 0.620. The summed E-state index contributed by atoms with van der Waals surface area (Å²) in [5, 5.41) is 0. The summed E-state index contributed by atoms with van der Waals surface area (Å²) in [5.74, 6) is -1.06. The largest absolute Gasteiger partial charge is 0.324 e. The fourth-order valence-electron chi connectivity index (χ4n) is 2.33. The van der Waals surface area contributed by atoms with Crippen molar-refractivity contribution in [1.82, 2.24) is 0 Å². The molecule has 3 heteroatoms.